The zero-order valence-electron chi connectivity index (χ0n) is 27.1. The minimum atomic E-state index is -0.597. The second-order valence-corrected chi connectivity index (χ2v) is 16.0. The van der Waals surface area contributed by atoms with E-state index in [1.165, 1.54) is 44.5 Å². The molecule has 0 radical (unpaired) electrons. The molecule has 0 aromatic heterocycles. The van der Waals surface area contributed by atoms with Crippen molar-refractivity contribution in [1.29, 1.82) is 0 Å². The fraction of sp³-hybridized carbons (Fsp3) is 0.381. The summed E-state index contributed by atoms with van der Waals surface area (Å²) in [5.74, 6) is 0.254. The lowest BCUT2D eigenvalue weighted by Crippen LogP contribution is -2.61. The molecule has 0 atom stereocenters. The highest BCUT2D eigenvalue weighted by molar-refractivity contribution is 5.94. The average Bonchev–Trinajstić information content (AvgIpc) is 3.39. The second-order valence-electron chi connectivity index (χ2n) is 16.0. The van der Waals surface area contributed by atoms with Crippen LogP contribution in [0.1, 0.15) is 109 Å². The number of carbonyl (C=O) groups is 2. The highest BCUT2D eigenvalue weighted by atomic mass is 16.6. The summed E-state index contributed by atoms with van der Waals surface area (Å²) < 4.78 is 13.1. The van der Waals surface area contributed by atoms with Crippen LogP contribution >= 0.6 is 0 Å². The molecule has 0 N–H and O–H groups in total. The first-order valence-electron chi connectivity index (χ1n) is 16.9. The molecule has 232 valence electrons. The molecular formula is C42H40O4. The van der Waals surface area contributed by atoms with Crippen LogP contribution < -0.4 is 0 Å². The maximum atomic E-state index is 13.9. The monoisotopic (exact) mass is 608 g/mol. The van der Waals surface area contributed by atoms with Gasteiger partial charge in [-0.3, -0.25) is 0 Å². The number of fused-ring (bicyclic) bond motifs is 6. The summed E-state index contributed by atoms with van der Waals surface area (Å²) in [5, 5.41) is 0. The van der Waals surface area contributed by atoms with Gasteiger partial charge in [0.05, 0.1) is 11.1 Å². The van der Waals surface area contributed by atoms with E-state index in [0.29, 0.717) is 29.4 Å². The van der Waals surface area contributed by atoms with Gasteiger partial charge in [-0.05, 0) is 113 Å². The molecule has 0 amide bonds. The van der Waals surface area contributed by atoms with E-state index in [4.69, 9.17) is 9.47 Å². The van der Waals surface area contributed by atoms with Crippen molar-refractivity contribution in [2.75, 3.05) is 0 Å². The maximum absolute atomic E-state index is 13.9. The van der Waals surface area contributed by atoms with E-state index in [1.54, 1.807) is 0 Å². The minimum absolute atomic E-state index is 0.184. The highest BCUT2D eigenvalue weighted by Crippen LogP contribution is 2.61. The summed E-state index contributed by atoms with van der Waals surface area (Å²) in [6.07, 6.45) is 5.09. The second kappa shape index (κ2) is 9.21. The fourth-order valence-corrected chi connectivity index (χ4v) is 10.5. The van der Waals surface area contributed by atoms with Crippen LogP contribution in [0.5, 0.6) is 0 Å². The zero-order valence-corrected chi connectivity index (χ0v) is 27.1. The summed E-state index contributed by atoms with van der Waals surface area (Å²) >= 11 is 0. The van der Waals surface area contributed by atoms with Gasteiger partial charge in [0.1, 0.15) is 11.2 Å². The fourth-order valence-electron chi connectivity index (χ4n) is 10.5. The number of hydrogen-bond acceptors (Lipinski definition) is 4. The smallest absolute Gasteiger partial charge is 0.338 e. The van der Waals surface area contributed by atoms with E-state index in [9.17, 15) is 9.59 Å². The summed E-state index contributed by atoms with van der Waals surface area (Å²) in [5.41, 5.74) is 9.41. The Labute approximate surface area is 271 Å². The van der Waals surface area contributed by atoms with Gasteiger partial charge >= 0.3 is 11.9 Å². The molecule has 4 fully saturated rings. The van der Waals surface area contributed by atoms with Crippen LogP contribution in [0.4, 0.5) is 0 Å². The molecule has 0 unspecified atom stereocenters. The number of benzene rings is 4. The third-order valence-electron chi connectivity index (χ3n) is 12.2. The first-order valence-corrected chi connectivity index (χ1v) is 16.9. The Balaban J connectivity index is 0.975. The molecule has 0 saturated heterocycles. The van der Waals surface area contributed by atoms with Gasteiger partial charge in [0.2, 0.25) is 0 Å². The Hall–Kier alpha value is -4.18. The van der Waals surface area contributed by atoms with Crippen LogP contribution in [0.15, 0.2) is 84.9 Å². The molecular weight excluding hydrogens is 568 g/mol. The summed E-state index contributed by atoms with van der Waals surface area (Å²) in [4.78, 5) is 27.8. The van der Waals surface area contributed by atoms with Crippen molar-refractivity contribution < 1.29 is 19.1 Å². The molecule has 0 spiro atoms. The standard InChI is InChI=1S/C42H40O4/c1-39(2)33-11-7-5-9-29(33)31-15-13-27(18-35(31)39)37(43)45-41-20-25-17-26(21-41)23-42(22-25,24-41)46-38(44)28-14-16-32-30-10-6-8-12-34(30)40(3,4)36(32)19-28/h5-16,18-19,25-26H,17,20-24H2,1-4H3. The maximum Gasteiger partial charge on any atom is 0.338 e. The third kappa shape index (κ3) is 3.91. The Kier molecular flexibility index (Phi) is 5.62. The van der Waals surface area contributed by atoms with E-state index < -0.39 is 11.2 Å². The van der Waals surface area contributed by atoms with E-state index in [-0.39, 0.29) is 22.8 Å². The van der Waals surface area contributed by atoms with Gasteiger partial charge < -0.3 is 9.47 Å². The predicted molar refractivity (Wildman–Crippen MR) is 179 cm³/mol. The first kappa shape index (κ1) is 28.1. The number of carbonyl (C=O) groups excluding carboxylic acids is 2. The largest absolute Gasteiger partial charge is 0.455 e. The van der Waals surface area contributed by atoms with Crippen molar-refractivity contribution in [3.05, 3.63) is 118 Å². The summed E-state index contributed by atoms with van der Waals surface area (Å²) in [7, 11) is 0. The van der Waals surface area contributed by atoms with E-state index in [1.807, 2.05) is 24.3 Å². The van der Waals surface area contributed by atoms with Gasteiger partial charge in [0, 0.05) is 17.3 Å². The zero-order chi connectivity index (χ0) is 31.6. The molecule has 4 bridgehead atoms. The van der Waals surface area contributed by atoms with Crippen LogP contribution in [0.3, 0.4) is 0 Å². The number of esters is 2. The van der Waals surface area contributed by atoms with Crippen molar-refractivity contribution >= 4 is 11.9 Å². The van der Waals surface area contributed by atoms with Crippen molar-refractivity contribution in [1.82, 2.24) is 0 Å². The van der Waals surface area contributed by atoms with Crippen molar-refractivity contribution in [3.8, 4) is 22.3 Å². The summed E-state index contributed by atoms with van der Waals surface area (Å²) in [6.45, 7) is 8.91. The van der Waals surface area contributed by atoms with Gasteiger partial charge in [-0.25, -0.2) is 9.59 Å². The minimum Gasteiger partial charge on any atom is -0.455 e. The lowest BCUT2D eigenvalue weighted by Gasteiger charge is -2.60. The molecule has 0 aliphatic heterocycles. The lowest BCUT2D eigenvalue weighted by atomic mass is 9.52. The van der Waals surface area contributed by atoms with Crippen molar-refractivity contribution in [2.45, 2.75) is 88.3 Å². The van der Waals surface area contributed by atoms with Gasteiger partial charge in [0.15, 0.2) is 0 Å². The van der Waals surface area contributed by atoms with Gasteiger partial charge in [0.25, 0.3) is 0 Å². The molecule has 6 aliphatic rings. The van der Waals surface area contributed by atoms with Gasteiger partial charge in [-0.1, -0.05) is 88.4 Å². The van der Waals surface area contributed by atoms with Crippen LogP contribution in [0.25, 0.3) is 22.3 Å². The van der Waals surface area contributed by atoms with Crippen LogP contribution in [-0.4, -0.2) is 23.1 Å². The molecule has 0 heterocycles. The predicted octanol–water partition coefficient (Wildman–Crippen LogP) is 9.40. The van der Waals surface area contributed by atoms with Crippen molar-refractivity contribution in [3.63, 3.8) is 0 Å². The molecule has 4 heteroatoms. The Morgan fingerprint density at radius 1 is 0.543 bits per heavy atom. The van der Waals surface area contributed by atoms with Crippen LogP contribution in [-0.2, 0) is 20.3 Å². The quantitative estimate of drug-likeness (QED) is 0.217. The Morgan fingerprint density at radius 3 is 1.37 bits per heavy atom. The lowest BCUT2D eigenvalue weighted by molar-refractivity contribution is -0.200. The van der Waals surface area contributed by atoms with Gasteiger partial charge in [-0.2, -0.15) is 0 Å². The van der Waals surface area contributed by atoms with Gasteiger partial charge in [-0.15, -0.1) is 0 Å². The molecule has 10 rings (SSSR count). The first-order chi connectivity index (χ1) is 22.0. The molecule has 4 aromatic carbocycles. The highest BCUT2D eigenvalue weighted by Gasteiger charge is 2.61. The average molecular weight is 609 g/mol. The molecule has 6 aliphatic carbocycles. The molecule has 4 aromatic rings. The normalized spacial score (nSPS) is 28.2. The van der Waals surface area contributed by atoms with E-state index in [2.05, 4.69) is 88.4 Å². The Morgan fingerprint density at radius 2 is 0.935 bits per heavy atom. The summed E-state index contributed by atoms with van der Waals surface area (Å²) in [6, 6.07) is 29.1. The number of rotatable bonds is 4. The third-order valence-corrected chi connectivity index (χ3v) is 12.2. The Bertz CT molecular complexity index is 1830. The van der Waals surface area contributed by atoms with Crippen molar-refractivity contribution in [2.24, 2.45) is 11.8 Å². The topological polar surface area (TPSA) is 52.6 Å². The molecule has 4 nitrogen and oxygen atoms in total. The number of hydrogen-bond donors (Lipinski definition) is 0. The van der Waals surface area contributed by atoms with Crippen LogP contribution in [0.2, 0.25) is 0 Å². The van der Waals surface area contributed by atoms with Crippen LogP contribution in [0, 0.1) is 11.8 Å². The molecule has 4 saturated carbocycles. The molecule has 46 heavy (non-hydrogen) atoms. The van der Waals surface area contributed by atoms with E-state index >= 15 is 0 Å². The van der Waals surface area contributed by atoms with E-state index in [0.717, 1.165) is 32.1 Å². The number of ether oxygens (including phenoxy) is 2. The SMILES string of the molecule is CC1(C)c2ccccc2-c2ccc(C(=O)OC34CC5CC(C3)CC(OC(=O)c3ccc6c(c3)C(C)(C)c3ccccc3-6)(C5)C4)cc21.